The molecule has 2 rings (SSSR count). The summed E-state index contributed by atoms with van der Waals surface area (Å²) in [4.78, 5) is 11.7. The van der Waals surface area contributed by atoms with E-state index in [1.54, 1.807) is 0 Å². The van der Waals surface area contributed by atoms with Gasteiger partial charge in [-0.15, -0.1) is 0 Å². The second-order valence-electron chi connectivity index (χ2n) is 5.66. The van der Waals surface area contributed by atoms with Crippen molar-refractivity contribution in [1.82, 2.24) is 0 Å². The summed E-state index contributed by atoms with van der Waals surface area (Å²) in [5.41, 5.74) is 6.38. The number of hydrogen-bond donors (Lipinski definition) is 1. The Morgan fingerprint density at radius 1 is 0.957 bits per heavy atom. The molecule has 0 bridgehead atoms. The van der Waals surface area contributed by atoms with Crippen LogP contribution in [0.25, 0.3) is 0 Å². The van der Waals surface area contributed by atoms with E-state index in [-0.39, 0.29) is 5.78 Å². The highest BCUT2D eigenvalue weighted by molar-refractivity contribution is 5.96. The topological polar surface area (TPSA) is 32.3 Å². The molecular formula is C20H26N2O. The van der Waals surface area contributed by atoms with Crippen LogP contribution in [-0.2, 0) is 0 Å². The SMILES string of the molecule is CCCCCN(Nc1ccc(C(=O)CC)cc1)c1ccccc1. The molecule has 2 aromatic rings. The average Bonchev–Trinajstić information content (AvgIpc) is 2.61. The van der Waals surface area contributed by atoms with Gasteiger partial charge < -0.3 is 0 Å². The zero-order valence-electron chi connectivity index (χ0n) is 14.1. The smallest absolute Gasteiger partial charge is 0.162 e. The predicted molar refractivity (Wildman–Crippen MR) is 98.0 cm³/mol. The van der Waals surface area contributed by atoms with Gasteiger partial charge in [0.05, 0.1) is 11.4 Å². The second-order valence-corrected chi connectivity index (χ2v) is 5.66. The molecule has 3 nitrogen and oxygen atoms in total. The minimum Gasteiger partial charge on any atom is -0.298 e. The minimum atomic E-state index is 0.180. The molecule has 0 saturated carbocycles. The number of carbonyl (C=O) groups excluding carboxylic acids is 1. The van der Waals surface area contributed by atoms with Crippen LogP contribution in [0.4, 0.5) is 11.4 Å². The Morgan fingerprint density at radius 3 is 2.26 bits per heavy atom. The van der Waals surface area contributed by atoms with Crippen LogP contribution >= 0.6 is 0 Å². The molecule has 0 unspecified atom stereocenters. The molecule has 2 aromatic carbocycles. The fraction of sp³-hybridized carbons (Fsp3) is 0.350. The largest absolute Gasteiger partial charge is 0.298 e. The fourth-order valence-electron chi connectivity index (χ4n) is 2.47. The molecule has 0 aliphatic rings. The van der Waals surface area contributed by atoms with Gasteiger partial charge in [-0.3, -0.25) is 15.2 Å². The summed E-state index contributed by atoms with van der Waals surface area (Å²) in [6.45, 7) is 5.05. The number of benzene rings is 2. The number of nitrogens with one attached hydrogen (secondary N) is 1. The summed E-state index contributed by atoms with van der Waals surface area (Å²) in [6.07, 6.45) is 4.11. The standard InChI is InChI=1S/C20H26N2O/c1-3-5-9-16-22(19-10-7-6-8-11-19)21-18-14-12-17(13-15-18)20(23)4-2/h6-8,10-15,21H,3-5,9,16H2,1-2H3. The number of anilines is 2. The van der Waals surface area contributed by atoms with Crippen molar-refractivity contribution in [2.24, 2.45) is 0 Å². The number of unbranched alkanes of at least 4 members (excludes halogenated alkanes) is 2. The first-order valence-electron chi connectivity index (χ1n) is 8.47. The maximum absolute atomic E-state index is 11.7. The van der Waals surface area contributed by atoms with Crippen molar-refractivity contribution in [3.05, 3.63) is 60.2 Å². The Hall–Kier alpha value is -2.29. The van der Waals surface area contributed by atoms with Gasteiger partial charge in [0, 0.05) is 18.5 Å². The van der Waals surface area contributed by atoms with Crippen molar-refractivity contribution >= 4 is 17.2 Å². The lowest BCUT2D eigenvalue weighted by Gasteiger charge is -2.26. The van der Waals surface area contributed by atoms with E-state index in [0.717, 1.165) is 29.9 Å². The molecule has 0 spiro atoms. The fourth-order valence-corrected chi connectivity index (χ4v) is 2.47. The maximum Gasteiger partial charge on any atom is 0.162 e. The summed E-state index contributed by atoms with van der Waals surface area (Å²) in [5.74, 6) is 0.180. The molecule has 122 valence electrons. The van der Waals surface area contributed by atoms with Gasteiger partial charge in [0.15, 0.2) is 5.78 Å². The number of ketones is 1. The predicted octanol–water partition coefficient (Wildman–Crippen LogP) is 5.30. The summed E-state index contributed by atoms with van der Waals surface area (Å²) >= 11 is 0. The first-order valence-corrected chi connectivity index (χ1v) is 8.47. The van der Waals surface area contributed by atoms with E-state index < -0.39 is 0 Å². The number of Topliss-reactive ketones (excluding diaryl/α,β-unsaturated/α-hetero) is 1. The minimum absolute atomic E-state index is 0.180. The molecule has 0 amide bonds. The van der Waals surface area contributed by atoms with Crippen LogP contribution in [0.15, 0.2) is 54.6 Å². The van der Waals surface area contributed by atoms with Gasteiger partial charge in [-0.25, -0.2) is 0 Å². The van der Waals surface area contributed by atoms with Crippen molar-refractivity contribution in [3.63, 3.8) is 0 Å². The quantitative estimate of drug-likeness (QED) is 0.387. The lowest BCUT2D eigenvalue weighted by Crippen LogP contribution is -2.30. The number of hydrogen-bond acceptors (Lipinski definition) is 3. The molecule has 23 heavy (non-hydrogen) atoms. The van der Waals surface area contributed by atoms with Gasteiger partial charge >= 0.3 is 0 Å². The van der Waals surface area contributed by atoms with Crippen molar-refractivity contribution in [1.29, 1.82) is 0 Å². The first-order chi connectivity index (χ1) is 11.2. The zero-order valence-corrected chi connectivity index (χ0v) is 14.1. The Labute approximate surface area is 139 Å². The van der Waals surface area contributed by atoms with Crippen LogP contribution in [-0.4, -0.2) is 12.3 Å². The highest BCUT2D eigenvalue weighted by atomic mass is 16.1. The van der Waals surface area contributed by atoms with E-state index in [1.807, 2.05) is 49.4 Å². The highest BCUT2D eigenvalue weighted by Crippen LogP contribution is 2.18. The Balaban J connectivity index is 2.09. The van der Waals surface area contributed by atoms with Gasteiger partial charge in [0.25, 0.3) is 0 Å². The molecular weight excluding hydrogens is 284 g/mol. The van der Waals surface area contributed by atoms with E-state index in [1.165, 1.54) is 12.8 Å². The van der Waals surface area contributed by atoms with E-state index in [4.69, 9.17) is 0 Å². The molecule has 0 aromatic heterocycles. The molecule has 0 radical (unpaired) electrons. The Bertz CT molecular complexity index is 593. The lowest BCUT2D eigenvalue weighted by molar-refractivity contribution is 0.0988. The molecule has 0 heterocycles. The molecule has 0 saturated heterocycles. The van der Waals surface area contributed by atoms with Crippen molar-refractivity contribution in [2.75, 3.05) is 17.0 Å². The summed E-state index contributed by atoms with van der Waals surface area (Å²) in [6, 6.07) is 18.1. The third-order valence-corrected chi connectivity index (χ3v) is 3.85. The van der Waals surface area contributed by atoms with Crippen molar-refractivity contribution in [2.45, 2.75) is 39.5 Å². The van der Waals surface area contributed by atoms with Gasteiger partial charge in [0.2, 0.25) is 0 Å². The van der Waals surface area contributed by atoms with Crippen LogP contribution in [0.5, 0.6) is 0 Å². The second kappa shape index (κ2) is 8.99. The van der Waals surface area contributed by atoms with Crippen LogP contribution in [0, 0.1) is 0 Å². The number of para-hydroxylation sites is 1. The van der Waals surface area contributed by atoms with Crippen LogP contribution < -0.4 is 10.4 Å². The molecule has 3 heteroatoms. The monoisotopic (exact) mass is 310 g/mol. The maximum atomic E-state index is 11.7. The third kappa shape index (κ3) is 5.13. The summed E-state index contributed by atoms with van der Waals surface area (Å²) in [7, 11) is 0. The van der Waals surface area contributed by atoms with E-state index in [2.05, 4.69) is 29.5 Å². The molecule has 0 fully saturated rings. The third-order valence-electron chi connectivity index (χ3n) is 3.85. The van der Waals surface area contributed by atoms with E-state index in [9.17, 15) is 4.79 Å². The van der Waals surface area contributed by atoms with Crippen molar-refractivity contribution < 1.29 is 4.79 Å². The van der Waals surface area contributed by atoms with Gasteiger partial charge in [-0.1, -0.05) is 44.9 Å². The van der Waals surface area contributed by atoms with E-state index in [0.29, 0.717) is 6.42 Å². The Kier molecular flexibility index (Phi) is 6.67. The average molecular weight is 310 g/mol. The van der Waals surface area contributed by atoms with Gasteiger partial charge in [-0.05, 0) is 42.8 Å². The normalized spacial score (nSPS) is 10.3. The van der Waals surface area contributed by atoms with Crippen molar-refractivity contribution in [3.8, 4) is 0 Å². The molecule has 0 aliphatic carbocycles. The first kappa shape index (κ1) is 17.1. The lowest BCUT2D eigenvalue weighted by atomic mass is 10.1. The molecule has 1 N–H and O–H groups in total. The van der Waals surface area contributed by atoms with Crippen LogP contribution in [0.1, 0.15) is 49.9 Å². The molecule has 0 aliphatic heterocycles. The van der Waals surface area contributed by atoms with Crippen LogP contribution in [0.2, 0.25) is 0 Å². The van der Waals surface area contributed by atoms with Gasteiger partial charge in [-0.2, -0.15) is 0 Å². The summed E-state index contributed by atoms with van der Waals surface area (Å²) < 4.78 is 0. The highest BCUT2D eigenvalue weighted by Gasteiger charge is 2.07. The Morgan fingerprint density at radius 2 is 1.65 bits per heavy atom. The molecule has 0 atom stereocenters. The number of nitrogens with zero attached hydrogens (tertiary/aromatic N) is 1. The number of carbonyl (C=O) groups is 1. The summed E-state index contributed by atoms with van der Waals surface area (Å²) in [5, 5.41) is 2.17. The number of rotatable bonds is 9. The zero-order chi connectivity index (χ0) is 16.5. The van der Waals surface area contributed by atoms with Crippen LogP contribution in [0.3, 0.4) is 0 Å². The van der Waals surface area contributed by atoms with Gasteiger partial charge in [0.1, 0.15) is 0 Å². The van der Waals surface area contributed by atoms with E-state index >= 15 is 0 Å². The number of hydrazine groups is 1.